The molecule has 0 spiro atoms. The van der Waals surface area contributed by atoms with Crippen LogP contribution < -0.4 is 5.56 Å². The van der Waals surface area contributed by atoms with Crippen molar-refractivity contribution in [3.05, 3.63) is 27.4 Å². The molecule has 4 atom stereocenters. The number of thioether (sulfide) groups is 1. The molecule has 0 unspecified atom stereocenters. The molecular formula is C9H12N2O4S2. The summed E-state index contributed by atoms with van der Waals surface area (Å²) in [6, 6.07) is 1.29. The van der Waals surface area contributed by atoms with E-state index in [4.69, 9.17) is 17.3 Å². The molecular weight excluding hydrogens is 264 g/mol. The Bertz CT molecular complexity index is 514. The van der Waals surface area contributed by atoms with Crippen molar-refractivity contribution in [2.75, 3.05) is 6.61 Å². The largest absolute Gasteiger partial charge is 0.395 e. The first-order chi connectivity index (χ1) is 8.04. The summed E-state index contributed by atoms with van der Waals surface area (Å²) in [4.78, 5) is 13.5. The highest BCUT2D eigenvalue weighted by atomic mass is 32.2. The first-order valence-electron chi connectivity index (χ1n) is 4.98. The highest BCUT2D eigenvalue weighted by Gasteiger charge is 2.42. The van der Waals surface area contributed by atoms with Crippen molar-refractivity contribution in [1.82, 2.24) is 9.55 Å². The van der Waals surface area contributed by atoms with E-state index in [1.165, 1.54) is 28.6 Å². The molecule has 0 saturated carbocycles. The highest BCUT2D eigenvalue weighted by Crippen LogP contribution is 2.41. The fourth-order valence-corrected chi connectivity index (χ4v) is 3.47. The molecule has 0 radical (unpaired) electrons. The Hall–Kier alpha value is -0.670. The van der Waals surface area contributed by atoms with Crippen LogP contribution in [-0.2, 0) is 0 Å². The normalized spacial score (nSPS) is 32.9. The lowest BCUT2D eigenvalue weighted by Gasteiger charge is -2.18. The van der Waals surface area contributed by atoms with Crippen LogP contribution in [0.25, 0.3) is 0 Å². The average molecular weight is 276 g/mol. The van der Waals surface area contributed by atoms with E-state index in [-0.39, 0.29) is 16.9 Å². The van der Waals surface area contributed by atoms with Gasteiger partial charge in [0.15, 0.2) is 4.77 Å². The smallest absolute Gasteiger partial charge is 0.251 e. The van der Waals surface area contributed by atoms with E-state index in [0.717, 1.165) is 0 Å². The molecule has 17 heavy (non-hydrogen) atoms. The van der Waals surface area contributed by atoms with E-state index < -0.39 is 22.8 Å². The van der Waals surface area contributed by atoms with Gasteiger partial charge in [-0.25, -0.2) is 0 Å². The third-order valence-electron chi connectivity index (χ3n) is 2.64. The SMILES string of the molecule is O=c1ccn([C@@H]2S[C@H](CO)[C@@H](O)[C@H]2O)c(=S)[nH]1. The number of rotatable bonds is 2. The Morgan fingerprint density at radius 1 is 1.47 bits per heavy atom. The molecule has 6 nitrogen and oxygen atoms in total. The monoisotopic (exact) mass is 276 g/mol. The van der Waals surface area contributed by atoms with Gasteiger partial charge in [-0.05, 0) is 12.2 Å². The summed E-state index contributed by atoms with van der Waals surface area (Å²) in [7, 11) is 0. The minimum atomic E-state index is -1.03. The number of nitrogens with one attached hydrogen (secondary N) is 1. The van der Waals surface area contributed by atoms with Crippen LogP contribution in [0, 0.1) is 4.77 Å². The lowest BCUT2D eigenvalue weighted by atomic mass is 10.1. The van der Waals surface area contributed by atoms with Crippen LogP contribution >= 0.6 is 24.0 Å². The number of aromatic nitrogens is 2. The van der Waals surface area contributed by atoms with Crippen molar-refractivity contribution >= 4 is 24.0 Å². The van der Waals surface area contributed by atoms with Crippen LogP contribution in [0.5, 0.6) is 0 Å². The summed E-state index contributed by atoms with van der Waals surface area (Å²) >= 11 is 6.21. The molecule has 0 aliphatic carbocycles. The number of H-pyrrole nitrogens is 1. The van der Waals surface area contributed by atoms with Crippen molar-refractivity contribution in [2.45, 2.75) is 22.8 Å². The Labute approximate surface area is 106 Å². The van der Waals surface area contributed by atoms with Crippen molar-refractivity contribution in [3.63, 3.8) is 0 Å². The molecule has 2 rings (SSSR count). The van der Waals surface area contributed by atoms with Gasteiger partial charge in [-0.15, -0.1) is 11.8 Å². The molecule has 1 fully saturated rings. The van der Waals surface area contributed by atoms with Crippen molar-refractivity contribution in [3.8, 4) is 0 Å². The summed E-state index contributed by atoms with van der Waals surface area (Å²) in [5, 5.41) is 27.6. The number of aromatic amines is 1. The Morgan fingerprint density at radius 3 is 2.71 bits per heavy atom. The second kappa shape index (κ2) is 4.91. The maximum atomic E-state index is 11.0. The van der Waals surface area contributed by atoms with Crippen molar-refractivity contribution in [1.29, 1.82) is 0 Å². The van der Waals surface area contributed by atoms with Gasteiger partial charge in [0.05, 0.1) is 18.0 Å². The van der Waals surface area contributed by atoms with Gasteiger partial charge < -0.3 is 19.9 Å². The summed E-state index contributed by atoms with van der Waals surface area (Å²) < 4.78 is 1.69. The molecule has 0 amide bonds. The number of aliphatic hydroxyl groups excluding tert-OH is 3. The molecule has 2 heterocycles. The zero-order chi connectivity index (χ0) is 12.6. The Balaban J connectivity index is 2.35. The second-order valence-corrected chi connectivity index (χ2v) is 5.49. The highest BCUT2D eigenvalue weighted by molar-refractivity contribution is 8.00. The molecule has 0 aromatic carbocycles. The van der Waals surface area contributed by atoms with Crippen LogP contribution in [0.1, 0.15) is 5.37 Å². The van der Waals surface area contributed by atoms with E-state index in [2.05, 4.69) is 4.98 Å². The van der Waals surface area contributed by atoms with Gasteiger partial charge in [-0.2, -0.15) is 0 Å². The molecule has 1 aliphatic heterocycles. The molecule has 4 N–H and O–H groups in total. The van der Waals surface area contributed by atoms with Crippen molar-refractivity contribution < 1.29 is 15.3 Å². The molecule has 1 aliphatic rings. The number of hydrogen-bond acceptors (Lipinski definition) is 6. The first kappa shape index (κ1) is 12.8. The standard InChI is InChI=1S/C9H12N2O4S2/c12-3-4-6(14)7(15)8(17-4)11-2-1-5(13)10-9(11)16/h1-2,4,6-8,12,14-15H,3H2,(H,10,13,16)/t4-,6-,7-,8-/m1/s1. The van der Waals surface area contributed by atoms with E-state index >= 15 is 0 Å². The number of hydrogen-bond donors (Lipinski definition) is 4. The Morgan fingerprint density at radius 2 is 2.18 bits per heavy atom. The second-order valence-electron chi connectivity index (χ2n) is 3.75. The predicted molar refractivity (Wildman–Crippen MR) is 65.4 cm³/mol. The fourth-order valence-electron chi connectivity index (χ4n) is 1.74. The third kappa shape index (κ3) is 2.31. The summed E-state index contributed by atoms with van der Waals surface area (Å²) in [6.07, 6.45) is -0.576. The van der Waals surface area contributed by atoms with E-state index in [0.29, 0.717) is 0 Å². The molecule has 8 heteroatoms. The third-order valence-corrected chi connectivity index (χ3v) is 4.52. The maximum absolute atomic E-state index is 11.0. The molecule has 1 saturated heterocycles. The van der Waals surface area contributed by atoms with Crippen LogP contribution in [0.15, 0.2) is 17.1 Å². The van der Waals surface area contributed by atoms with E-state index in [1.807, 2.05) is 0 Å². The predicted octanol–water partition coefficient (Wildman–Crippen LogP) is -0.766. The van der Waals surface area contributed by atoms with Gasteiger partial charge in [0.2, 0.25) is 0 Å². The van der Waals surface area contributed by atoms with Crippen molar-refractivity contribution in [2.24, 2.45) is 0 Å². The minimum absolute atomic E-state index is 0.180. The van der Waals surface area contributed by atoms with Gasteiger partial charge in [-0.1, -0.05) is 0 Å². The molecule has 1 aromatic rings. The zero-order valence-electron chi connectivity index (χ0n) is 8.68. The molecule has 0 bridgehead atoms. The summed E-state index contributed by atoms with van der Waals surface area (Å²) in [6.45, 7) is -0.226. The van der Waals surface area contributed by atoms with Gasteiger partial charge in [0.1, 0.15) is 11.5 Å². The summed E-state index contributed by atoms with van der Waals surface area (Å²) in [5.41, 5.74) is -0.317. The number of aliphatic hydroxyl groups is 3. The fraction of sp³-hybridized carbons (Fsp3) is 0.556. The van der Waals surface area contributed by atoms with Gasteiger partial charge in [-0.3, -0.25) is 9.78 Å². The van der Waals surface area contributed by atoms with Crippen LogP contribution in [0.4, 0.5) is 0 Å². The topological polar surface area (TPSA) is 98.5 Å². The maximum Gasteiger partial charge on any atom is 0.251 e. The van der Waals surface area contributed by atoms with Gasteiger partial charge in [0, 0.05) is 12.3 Å². The minimum Gasteiger partial charge on any atom is -0.395 e. The van der Waals surface area contributed by atoms with Crippen LogP contribution in [-0.4, -0.2) is 48.9 Å². The molecule has 1 aromatic heterocycles. The van der Waals surface area contributed by atoms with E-state index in [9.17, 15) is 15.0 Å². The number of nitrogens with zero attached hydrogens (tertiary/aromatic N) is 1. The average Bonchev–Trinajstić information content (AvgIpc) is 2.57. The lowest BCUT2D eigenvalue weighted by molar-refractivity contribution is 0.0104. The van der Waals surface area contributed by atoms with Gasteiger partial charge >= 0.3 is 0 Å². The molecule has 94 valence electrons. The van der Waals surface area contributed by atoms with Crippen LogP contribution in [0.2, 0.25) is 0 Å². The van der Waals surface area contributed by atoms with E-state index in [1.54, 1.807) is 0 Å². The zero-order valence-corrected chi connectivity index (χ0v) is 10.3. The Kier molecular flexibility index (Phi) is 3.69. The summed E-state index contributed by atoms with van der Waals surface area (Å²) in [5.74, 6) is 0. The van der Waals surface area contributed by atoms with Crippen LogP contribution in [0.3, 0.4) is 0 Å². The van der Waals surface area contributed by atoms with Gasteiger partial charge in [0.25, 0.3) is 5.56 Å². The lowest BCUT2D eigenvalue weighted by Crippen LogP contribution is -2.33. The quantitative estimate of drug-likeness (QED) is 0.530. The first-order valence-corrected chi connectivity index (χ1v) is 6.33.